The molecule has 1 unspecified atom stereocenters. The number of hydrogen-bond donors (Lipinski definition) is 3. The second kappa shape index (κ2) is 5.16. The van der Waals surface area contributed by atoms with Crippen molar-refractivity contribution in [2.75, 3.05) is 18.1 Å². The number of rotatable bonds is 4. The van der Waals surface area contributed by atoms with Gasteiger partial charge in [-0.3, -0.25) is 0 Å². The maximum Gasteiger partial charge on any atom is 0.150 e. The van der Waals surface area contributed by atoms with Gasteiger partial charge in [-0.15, -0.1) is 0 Å². The number of benzene rings is 1. The fourth-order valence-corrected chi connectivity index (χ4v) is 4.01. The minimum atomic E-state index is -2.83. The van der Waals surface area contributed by atoms with Crippen molar-refractivity contribution in [1.82, 2.24) is 5.32 Å². The molecule has 0 spiro atoms. The Labute approximate surface area is 106 Å². The first kappa shape index (κ1) is 13.2. The molecule has 1 heterocycles. The second-order valence-electron chi connectivity index (χ2n) is 4.71. The van der Waals surface area contributed by atoms with Gasteiger partial charge in [-0.25, -0.2) is 8.42 Å². The molecule has 1 aliphatic heterocycles. The Kier molecular flexibility index (Phi) is 3.77. The highest BCUT2D eigenvalue weighted by atomic mass is 32.2. The minimum absolute atomic E-state index is 0.0261. The average Bonchev–Trinajstić information content (AvgIpc) is 2.61. The Balaban J connectivity index is 1.82. The summed E-state index contributed by atoms with van der Waals surface area (Å²) in [6.07, 6.45) is 0.705. The lowest BCUT2D eigenvalue weighted by Crippen LogP contribution is -2.23. The van der Waals surface area contributed by atoms with Crippen molar-refractivity contribution < 1.29 is 18.6 Å². The third kappa shape index (κ3) is 3.36. The highest BCUT2D eigenvalue weighted by Crippen LogP contribution is 2.22. The van der Waals surface area contributed by atoms with Crippen molar-refractivity contribution in [3.05, 3.63) is 23.8 Å². The molecule has 5 nitrogen and oxygen atoms in total. The van der Waals surface area contributed by atoms with Crippen LogP contribution in [0.3, 0.4) is 0 Å². The van der Waals surface area contributed by atoms with Crippen LogP contribution in [0.2, 0.25) is 0 Å². The zero-order valence-electron chi connectivity index (χ0n) is 9.96. The summed E-state index contributed by atoms with van der Waals surface area (Å²) in [4.78, 5) is 0. The summed E-state index contributed by atoms with van der Waals surface area (Å²) >= 11 is 0. The molecular weight excluding hydrogens is 254 g/mol. The summed E-state index contributed by atoms with van der Waals surface area (Å²) in [5.41, 5.74) is 0.689. The second-order valence-corrected chi connectivity index (χ2v) is 6.94. The first-order valence-electron chi connectivity index (χ1n) is 5.88. The molecule has 6 heteroatoms. The van der Waals surface area contributed by atoms with Gasteiger partial charge < -0.3 is 15.5 Å². The van der Waals surface area contributed by atoms with Crippen molar-refractivity contribution in [3.8, 4) is 11.5 Å². The lowest BCUT2D eigenvalue weighted by atomic mass is 10.1. The molecule has 3 N–H and O–H groups in total. The molecule has 1 atom stereocenters. The van der Waals surface area contributed by atoms with Crippen LogP contribution in [0.4, 0.5) is 0 Å². The third-order valence-electron chi connectivity index (χ3n) is 3.14. The van der Waals surface area contributed by atoms with Crippen molar-refractivity contribution in [1.29, 1.82) is 0 Å². The van der Waals surface area contributed by atoms with Crippen LogP contribution in [-0.4, -0.2) is 36.7 Å². The van der Waals surface area contributed by atoms with E-state index in [4.69, 9.17) is 5.11 Å². The van der Waals surface area contributed by atoms with Crippen LogP contribution >= 0.6 is 0 Å². The van der Waals surface area contributed by atoms with E-state index < -0.39 is 9.84 Å². The van der Waals surface area contributed by atoms with Crippen LogP contribution < -0.4 is 5.32 Å². The highest BCUT2D eigenvalue weighted by Gasteiger charge is 2.27. The SMILES string of the molecule is O=S1(=O)CCC(CNCc2ccc(O)cc2O)C1. The van der Waals surface area contributed by atoms with Gasteiger partial charge in [-0.05, 0) is 24.9 Å². The van der Waals surface area contributed by atoms with Gasteiger partial charge in [0.15, 0.2) is 9.84 Å². The fraction of sp³-hybridized carbons (Fsp3) is 0.500. The van der Waals surface area contributed by atoms with Gasteiger partial charge in [0, 0.05) is 18.2 Å². The molecule has 1 aromatic carbocycles. The van der Waals surface area contributed by atoms with E-state index >= 15 is 0 Å². The van der Waals surface area contributed by atoms with Crippen molar-refractivity contribution >= 4 is 9.84 Å². The number of sulfone groups is 1. The molecular formula is C12H17NO4S. The van der Waals surface area contributed by atoms with E-state index in [1.54, 1.807) is 6.07 Å². The molecule has 1 fully saturated rings. The Morgan fingerprint density at radius 3 is 2.72 bits per heavy atom. The monoisotopic (exact) mass is 271 g/mol. The molecule has 100 valence electrons. The largest absolute Gasteiger partial charge is 0.508 e. The topological polar surface area (TPSA) is 86.6 Å². The minimum Gasteiger partial charge on any atom is -0.508 e. The van der Waals surface area contributed by atoms with Crippen LogP contribution in [0, 0.1) is 5.92 Å². The molecule has 0 bridgehead atoms. The van der Waals surface area contributed by atoms with Crippen LogP contribution in [0.5, 0.6) is 11.5 Å². The summed E-state index contributed by atoms with van der Waals surface area (Å²) in [6, 6.07) is 4.44. The maximum absolute atomic E-state index is 11.3. The van der Waals surface area contributed by atoms with E-state index in [1.165, 1.54) is 12.1 Å². The summed E-state index contributed by atoms with van der Waals surface area (Å²) in [7, 11) is -2.83. The van der Waals surface area contributed by atoms with Crippen molar-refractivity contribution in [2.24, 2.45) is 5.92 Å². The lowest BCUT2D eigenvalue weighted by Gasteiger charge is -2.10. The normalized spacial score (nSPS) is 22.1. The van der Waals surface area contributed by atoms with Crippen LogP contribution in [-0.2, 0) is 16.4 Å². The molecule has 0 aromatic heterocycles. The van der Waals surface area contributed by atoms with Crippen LogP contribution in [0.1, 0.15) is 12.0 Å². The Hall–Kier alpha value is -1.27. The lowest BCUT2D eigenvalue weighted by molar-refractivity contribution is 0.441. The van der Waals surface area contributed by atoms with Crippen molar-refractivity contribution in [3.63, 3.8) is 0 Å². The predicted octanol–water partition coefficient (Wildman–Crippen LogP) is 0.622. The third-order valence-corrected chi connectivity index (χ3v) is 4.98. The van der Waals surface area contributed by atoms with E-state index in [0.29, 0.717) is 25.1 Å². The van der Waals surface area contributed by atoms with Gasteiger partial charge in [-0.2, -0.15) is 0 Å². The van der Waals surface area contributed by atoms with E-state index in [-0.39, 0.29) is 28.9 Å². The Bertz CT molecular complexity index is 527. The van der Waals surface area contributed by atoms with Crippen molar-refractivity contribution in [2.45, 2.75) is 13.0 Å². The first-order chi connectivity index (χ1) is 8.46. The summed E-state index contributed by atoms with van der Waals surface area (Å²) in [6.45, 7) is 1.09. The molecule has 0 saturated carbocycles. The zero-order valence-corrected chi connectivity index (χ0v) is 10.8. The quantitative estimate of drug-likeness (QED) is 0.747. The predicted molar refractivity (Wildman–Crippen MR) is 68.2 cm³/mol. The van der Waals surface area contributed by atoms with Crippen LogP contribution in [0.15, 0.2) is 18.2 Å². The van der Waals surface area contributed by atoms with Gasteiger partial charge in [0.05, 0.1) is 11.5 Å². The molecule has 0 radical (unpaired) electrons. The van der Waals surface area contributed by atoms with Gasteiger partial charge in [0.1, 0.15) is 11.5 Å². The number of phenols is 2. The van der Waals surface area contributed by atoms with Gasteiger partial charge in [-0.1, -0.05) is 6.07 Å². The van der Waals surface area contributed by atoms with E-state index in [0.717, 1.165) is 0 Å². The van der Waals surface area contributed by atoms with Gasteiger partial charge in [0.2, 0.25) is 0 Å². The number of aromatic hydroxyl groups is 2. The molecule has 1 saturated heterocycles. The molecule has 1 aromatic rings. The molecule has 1 aliphatic rings. The number of nitrogens with one attached hydrogen (secondary N) is 1. The number of phenolic OH excluding ortho intramolecular Hbond substituents is 2. The Morgan fingerprint density at radius 1 is 1.33 bits per heavy atom. The first-order valence-corrected chi connectivity index (χ1v) is 7.70. The smallest absolute Gasteiger partial charge is 0.150 e. The van der Waals surface area contributed by atoms with E-state index in [1.807, 2.05) is 0 Å². The fourth-order valence-electron chi connectivity index (χ4n) is 2.15. The molecule has 0 aliphatic carbocycles. The van der Waals surface area contributed by atoms with Gasteiger partial charge >= 0.3 is 0 Å². The number of hydrogen-bond acceptors (Lipinski definition) is 5. The van der Waals surface area contributed by atoms with E-state index in [9.17, 15) is 13.5 Å². The standard InChI is InChI=1S/C12H17NO4S/c14-11-2-1-10(12(15)5-11)7-13-6-9-3-4-18(16,17)8-9/h1-2,5,9,13-15H,3-4,6-8H2. The van der Waals surface area contributed by atoms with Gasteiger partial charge in [0.25, 0.3) is 0 Å². The molecule has 2 rings (SSSR count). The Morgan fingerprint density at radius 2 is 2.11 bits per heavy atom. The van der Waals surface area contributed by atoms with E-state index in [2.05, 4.69) is 5.32 Å². The summed E-state index contributed by atoms with van der Waals surface area (Å²) < 4.78 is 22.5. The maximum atomic E-state index is 11.3. The highest BCUT2D eigenvalue weighted by molar-refractivity contribution is 7.91. The van der Waals surface area contributed by atoms with Crippen LogP contribution in [0.25, 0.3) is 0 Å². The molecule has 0 amide bonds. The molecule has 18 heavy (non-hydrogen) atoms. The zero-order chi connectivity index (χ0) is 13.2. The summed E-state index contributed by atoms with van der Waals surface area (Å²) in [5, 5.41) is 21.9. The average molecular weight is 271 g/mol. The summed E-state index contributed by atoms with van der Waals surface area (Å²) in [5.74, 6) is 0.764.